The van der Waals surface area contributed by atoms with Crippen molar-refractivity contribution < 1.29 is 24.5 Å². The molecule has 0 saturated heterocycles. The lowest BCUT2D eigenvalue weighted by Gasteiger charge is -2.72. The topological polar surface area (TPSA) is 95.9 Å². The molecule has 5 aliphatic carbocycles. The first-order valence-corrected chi connectivity index (χ1v) is 20.0. The van der Waals surface area contributed by atoms with E-state index in [4.69, 9.17) is 9.84 Å². The number of aliphatic hydroxyl groups is 1. The van der Waals surface area contributed by atoms with Gasteiger partial charge in [-0.25, -0.2) is 0 Å². The largest absolute Gasteiger partial charge is 0.481 e. The highest BCUT2D eigenvalue weighted by molar-refractivity contribution is 5.84. The maximum atomic E-state index is 14.5. The molecule has 0 aromatic carbocycles. The summed E-state index contributed by atoms with van der Waals surface area (Å²) < 4.78 is 5.66. The van der Waals surface area contributed by atoms with E-state index in [1.54, 1.807) is 7.11 Å². The first kappa shape index (κ1) is 37.8. The SMILES string of the molecule is C=C(COC)[C@@H]1CC[C@]2(C(=O)NCCCCCCCCCCC(=O)O)CC[C@]3(C)[C@H](CCC4[C@@]5(C)CC[C@H](O)C(C)(C)[C@@H]5CC[C@]43C)[C@@H]12. The first-order chi connectivity index (χ1) is 22.7. The number of fused-ring (bicyclic) bond motifs is 7. The lowest BCUT2D eigenvalue weighted by Crippen LogP contribution is -2.67. The van der Waals surface area contributed by atoms with Gasteiger partial charge in [0.2, 0.25) is 5.91 Å². The molecule has 0 aliphatic heterocycles. The summed E-state index contributed by atoms with van der Waals surface area (Å²) in [4.78, 5) is 25.1. The van der Waals surface area contributed by atoms with E-state index in [-0.39, 0.29) is 39.6 Å². The van der Waals surface area contributed by atoms with Gasteiger partial charge in [-0.05, 0) is 134 Å². The van der Waals surface area contributed by atoms with Crippen LogP contribution >= 0.6 is 0 Å². The maximum Gasteiger partial charge on any atom is 0.303 e. The van der Waals surface area contributed by atoms with Crippen molar-refractivity contribution in [1.29, 1.82) is 0 Å². The van der Waals surface area contributed by atoms with Gasteiger partial charge >= 0.3 is 5.97 Å². The van der Waals surface area contributed by atoms with E-state index in [0.717, 1.165) is 77.2 Å². The van der Waals surface area contributed by atoms with E-state index in [1.165, 1.54) is 50.5 Å². The fraction of sp³-hybridized carbons (Fsp3) is 0.905. The van der Waals surface area contributed by atoms with Crippen molar-refractivity contribution in [2.24, 2.45) is 56.7 Å². The van der Waals surface area contributed by atoms with Crippen LogP contribution in [0, 0.1) is 56.7 Å². The van der Waals surface area contributed by atoms with E-state index in [0.29, 0.717) is 42.1 Å². The molecule has 274 valence electrons. The smallest absolute Gasteiger partial charge is 0.303 e. The van der Waals surface area contributed by atoms with Crippen LogP contribution in [0.4, 0.5) is 0 Å². The highest BCUT2D eigenvalue weighted by Gasteiger charge is 2.71. The minimum absolute atomic E-state index is 0.0380. The Morgan fingerprint density at radius 2 is 1.44 bits per heavy atom. The van der Waals surface area contributed by atoms with E-state index >= 15 is 0 Å². The number of hydrogen-bond donors (Lipinski definition) is 3. The second-order valence-electron chi connectivity index (χ2n) is 18.7. The highest BCUT2D eigenvalue weighted by Crippen LogP contribution is 2.77. The van der Waals surface area contributed by atoms with Gasteiger partial charge in [-0.3, -0.25) is 9.59 Å². The lowest BCUT2D eigenvalue weighted by atomic mass is 9.32. The summed E-state index contributed by atoms with van der Waals surface area (Å²) in [5, 5.41) is 23.4. The van der Waals surface area contributed by atoms with Crippen molar-refractivity contribution in [3.8, 4) is 0 Å². The van der Waals surface area contributed by atoms with Crippen LogP contribution < -0.4 is 5.32 Å². The van der Waals surface area contributed by atoms with Gasteiger partial charge in [-0.15, -0.1) is 0 Å². The Balaban J connectivity index is 1.27. The second kappa shape index (κ2) is 14.7. The van der Waals surface area contributed by atoms with Gasteiger partial charge in [0.05, 0.1) is 18.1 Å². The summed E-state index contributed by atoms with van der Waals surface area (Å²) in [7, 11) is 1.78. The summed E-state index contributed by atoms with van der Waals surface area (Å²) in [5.74, 6) is 2.01. The molecule has 0 spiro atoms. The quantitative estimate of drug-likeness (QED) is 0.119. The number of aliphatic carboxylic acids is 1. The summed E-state index contributed by atoms with van der Waals surface area (Å²) >= 11 is 0. The standard InChI is InChI=1S/C42H71NO5/c1-29(28-48-7)30-19-24-42(37(47)43-27-15-13-11-9-8-10-12-14-16-35(45)46)26-25-40(5)31(36(30)42)17-18-33-39(4)22-21-34(44)38(2,3)32(39)20-23-41(33,40)6/h30-34,36,44H,1,8-28H2,2-7H3,(H,43,47)(H,45,46)/t30-,31+,32-,33?,34-,36+,39-,40+,41+,42-/m0/s1. The van der Waals surface area contributed by atoms with Gasteiger partial charge < -0.3 is 20.3 Å². The van der Waals surface area contributed by atoms with Crippen LogP contribution in [0.1, 0.15) is 157 Å². The molecule has 0 aromatic heterocycles. The average Bonchev–Trinajstić information content (AvgIpc) is 3.43. The number of ether oxygens (including phenoxy) is 1. The number of amides is 1. The Kier molecular flexibility index (Phi) is 11.6. The van der Waals surface area contributed by atoms with Gasteiger partial charge in [0, 0.05) is 20.1 Å². The number of nitrogens with one attached hydrogen (secondary N) is 1. The average molecular weight is 670 g/mol. The maximum absolute atomic E-state index is 14.5. The molecule has 0 bridgehead atoms. The number of carbonyl (C=O) groups is 2. The van der Waals surface area contributed by atoms with Crippen molar-refractivity contribution >= 4 is 11.9 Å². The molecule has 0 radical (unpaired) electrons. The molecule has 6 nitrogen and oxygen atoms in total. The monoisotopic (exact) mass is 670 g/mol. The van der Waals surface area contributed by atoms with Crippen LogP contribution in [0.15, 0.2) is 12.2 Å². The Labute approximate surface area is 293 Å². The molecule has 5 saturated carbocycles. The zero-order chi connectivity index (χ0) is 35.0. The first-order valence-electron chi connectivity index (χ1n) is 20.0. The normalized spacial score (nSPS) is 41.4. The zero-order valence-electron chi connectivity index (χ0n) is 31.6. The molecule has 5 fully saturated rings. The van der Waals surface area contributed by atoms with E-state index in [2.05, 4.69) is 46.5 Å². The van der Waals surface area contributed by atoms with Crippen LogP contribution in [0.3, 0.4) is 0 Å². The Morgan fingerprint density at radius 3 is 2.10 bits per heavy atom. The van der Waals surface area contributed by atoms with Crippen LogP contribution in [0.25, 0.3) is 0 Å². The van der Waals surface area contributed by atoms with Gasteiger partial charge in [0.1, 0.15) is 0 Å². The number of methoxy groups -OCH3 is 1. The molecule has 5 rings (SSSR count). The number of carboxylic acids is 1. The van der Waals surface area contributed by atoms with Crippen LogP contribution in [0.2, 0.25) is 0 Å². The van der Waals surface area contributed by atoms with Gasteiger partial charge in [0.25, 0.3) is 0 Å². The lowest BCUT2D eigenvalue weighted by molar-refractivity contribution is -0.246. The van der Waals surface area contributed by atoms with E-state index in [9.17, 15) is 14.7 Å². The van der Waals surface area contributed by atoms with Gasteiger partial charge in [0.15, 0.2) is 0 Å². The number of rotatable bonds is 15. The number of hydrogen-bond acceptors (Lipinski definition) is 4. The van der Waals surface area contributed by atoms with Crippen molar-refractivity contribution in [2.45, 2.75) is 163 Å². The molecule has 1 unspecified atom stereocenters. The fourth-order valence-electron chi connectivity index (χ4n) is 13.6. The molecular formula is C42H71NO5. The Hall–Kier alpha value is -1.40. The number of aliphatic hydroxyl groups excluding tert-OH is 1. The second-order valence-corrected chi connectivity index (χ2v) is 18.7. The molecule has 0 heterocycles. The van der Waals surface area contributed by atoms with Crippen LogP contribution in [-0.2, 0) is 14.3 Å². The minimum Gasteiger partial charge on any atom is -0.481 e. The third-order valence-electron chi connectivity index (χ3n) is 16.3. The zero-order valence-corrected chi connectivity index (χ0v) is 31.6. The van der Waals surface area contributed by atoms with Crippen molar-refractivity contribution in [2.75, 3.05) is 20.3 Å². The summed E-state index contributed by atoms with van der Waals surface area (Å²) in [6, 6.07) is 0. The summed E-state index contributed by atoms with van der Waals surface area (Å²) in [6.45, 7) is 18.5. The van der Waals surface area contributed by atoms with Crippen molar-refractivity contribution in [3.05, 3.63) is 12.2 Å². The predicted octanol–water partition coefficient (Wildman–Crippen LogP) is 9.34. The van der Waals surface area contributed by atoms with Crippen LogP contribution in [0.5, 0.6) is 0 Å². The molecule has 5 aliphatic rings. The molecule has 6 heteroatoms. The summed E-state index contributed by atoms with van der Waals surface area (Å²) in [5.41, 5.74) is 1.52. The molecule has 3 N–H and O–H groups in total. The number of carbonyl (C=O) groups excluding carboxylic acids is 1. The Morgan fingerprint density at radius 1 is 0.771 bits per heavy atom. The molecule has 1 amide bonds. The minimum atomic E-state index is -0.692. The van der Waals surface area contributed by atoms with Gasteiger partial charge in [-0.1, -0.05) is 79.7 Å². The molecule has 48 heavy (non-hydrogen) atoms. The van der Waals surface area contributed by atoms with Gasteiger partial charge in [-0.2, -0.15) is 0 Å². The molecule has 10 atom stereocenters. The number of unbranched alkanes of at least 4 members (excludes halogenated alkanes) is 7. The molecular weight excluding hydrogens is 598 g/mol. The van der Waals surface area contributed by atoms with Crippen LogP contribution in [-0.4, -0.2) is 48.5 Å². The predicted molar refractivity (Wildman–Crippen MR) is 193 cm³/mol. The third kappa shape index (κ3) is 6.46. The van der Waals surface area contributed by atoms with E-state index < -0.39 is 5.97 Å². The summed E-state index contributed by atoms with van der Waals surface area (Å²) in [6.07, 6.45) is 19.8. The fourth-order valence-corrected chi connectivity index (χ4v) is 13.6. The highest BCUT2D eigenvalue weighted by atomic mass is 16.5. The van der Waals surface area contributed by atoms with Crippen molar-refractivity contribution in [3.63, 3.8) is 0 Å². The molecule has 0 aromatic rings. The third-order valence-corrected chi connectivity index (χ3v) is 16.3. The Bertz CT molecular complexity index is 1170. The van der Waals surface area contributed by atoms with Crippen molar-refractivity contribution in [1.82, 2.24) is 5.32 Å². The van der Waals surface area contributed by atoms with E-state index in [1.807, 2.05) is 0 Å². The number of carboxylic acid groups (broad SMARTS) is 1.